The largest absolute Gasteiger partial charge is 0.609 e. The summed E-state index contributed by atoms with van der Waals surface area (Å²) in [7, 11) is -2.67. The van der Waals surface area contributed by atoms with Crippen molar-refractivity contribution in [1.82, 2.24) is 13.9 Å². The molecule has 17 heteroatoms. The molecule has 0 aliphatic rings. The molecule has 2 aromatic heterocycles. The standard InChI is InChI=1S/C33H33N3O11S3/c1-21-9-12-24(13-10-21)49(39,40)16-15-47-32(37)22-7-6-8-25(17-22)50(41,42)36-28-14-11-23(43-2)18-26(28)35-33(36)48(38)20-27-30(45-4)31(46-5)29(44-3)19-34-27/h6-14,17-19H,15-16,20H2,1-5H3. The zero-order chi connectivity index (χ0) is 36.2. The van der Waals surface area contributed by atoms with E-state index in [4.69, 9.17) is 23.7 Å². The Kier molecular flexibility index (Phi) is 10.9. The maximum atomic E-state index is 14.3. The topological polar surface area (TPSA) is 185 Å². The van der Waals surface area contributed by atoms with Gasteiger partial charge in [0.05, 0.1) is 66.8 Å². The lowest BCUT2D eigenvalue weighted by Crippen LogP contribution is -2.21. The summed E-state index contributed by atoms with van der Waals surface area (Å²) in [6, 6.07) is 15.8. The normalized spacial score (nSPS) is 12.4. The van der Waals surface area contributed by atoms with Gasteiger partial charge in [-0.2, -0.15) is 8.96 Å². The van der Waals surface area contributed by atoms with Crippen molar-refractivity contribution >= 4 is 48.0 Å². The monoisotopic (exact) mass is 743 g/mol. The quantitative estimate of drug-likeness (QED) is 0.118. The summed E-state index contributed by atoms with van der Waals surface area (Å²) in [5, 5.41) is -0.332. The first kappa shape index (κ1) is 36.4. The molecule has 5 rings (SSSR count). The number of fused-ring (bicyclic) bond motifs is 1. The molecule has 0 aliphatic carbocycles. The van der Waals surface area contributed by atoms with Gasteiger partial charge in [-0.1, -0.05) is 23.8 Å². The number of methoxy groups -OCH3 is 4. The Hall–Kier alpha value is -4.84. The van der Waals surface area contributed by atoms with Crippen molar-refractivity contribution in [2.75, 3.05) is 40.8 Å². The van der Waals surface area contributed by atoms with Gasteiger partial charge < -0.3 is 28.2 Å². The van der Waals surface area contributed by atoms with Crippen LogP contribution in [-0.4, -0.2) is 82.1 Å². The van der Waals surface area contributed by atoms with Crippen molar-refractivity contribution in [3.63, 3.8) is 0 Å². The first-order valence-electron chi connectivity index (χ1n) is 14.8. The molecule has 0 saturated carbocycles. The minimum absolute atomic E-state index is 0.0889. The van der Waals surface area contributed by atoms with E-state index in [-0.39, 0.29) is 60.2 Å². The van der Waals surface area contributed by atoms with E-state index >= 15 is 0 Å². The smallest absolute Gasteiger partial charge is 0.338 e. The van der Waals surface area contributed by atoms with Crippen molar-refractivity contribution in [3.8, 4) is 23.0 Å². The average molecular weight is 744 g/mol. The van der Waals surface area contributed by atoms with Crippen molar-refractivity contribution < 1.29 is 49.9 Å². The molecule has 3 aromatic carbocycles. The van der Waals surface area contributed by atoms with Crippen LogP contribution in [0.1, 0.15) is 21.6 Å². The lowest BCUT2D eigenvalue weighted by Gasteiger charge is -2.16. The van der Waals surface area contributed by atoms with E-state index in [9.17, 15) is 26.2 Å². The Balaban J connectivity index is 1.47. The van der Waals surface area contributed by atoms with Crippen LogP contribution in [0.2, 0.25) is 0 Å². The van der Waals surface area contributed by atoms with E-state index in [2.05, 4.69) is 9.97 Å². The highest BCUT2D eigenvalue weighted by Gasteiger charge is 2.34. The fraction of sp³-hybridized carbons (Fsp3) is 0.242. The molecule has 5 aromatic rings. The summed E-state index contributed by atoms with van der Waals surface area (Å²) in [4.78, 5) is 21.4. The number of esters is 1. The van der Waals surface area contributed by atoms with Gasteiger partial charge in [-0.05, 0) is 49.4 Å². The molecule has 1 atom stereocenters. The van der Waals surface area contributed by atoms with E-state index in [1.165, 1.54) is 83.2 Å². The molecule has 0 aliphatic heterocycles. The summed E-state index contributed by atoms with van der Waals surface area (Å²) in [6.07, 6.45) is 1.36. The minimum Gasteiger partial charge on any atom is -0.609 e. The number of hydrogen-bond acceptors (Lipinski definition) is 13. The Bertz CT molecular complexity index is 2260. The number of aromatic nitrogens is 3. The maximum absolute atomic E-state index is 14.3. The summed E-state index contributed by atoms with van der Waals surface area (Å²) >= 11 is -2.14. The number of hydrogen-bond donors (Lipinski definition) is 0. The summed E-state index contributed by atoms with van der Waals surface area (Å²) in [5.74, 6) is -0.723. The number of rotatable bonds is 14. The predicted molar refractivity (Wildman–Crippen MR) is 183 cm³/mol. The lowest BCUT2D eigenvalue weighted by atomic mass is 10.2. The van der Waals surface area contributed by atoms with Crippen molar-refractivity contribution in [2.45, 2.75) is 27.6 Å². The van der Waals surface area contributed by atoms with E-state index in [1.54, 1.807) is 12.1 Å². The van der Waals surface area contributed by atoms with Crippen LogP contribution in [0.3, 0.4) is 0 Å². The Morgan fingerprint density at radius 2 is 1.58 bits per heavy atom. The lowest BCUT2D eigenvalue weighted by molar-refractivity contribution is 0.0529. The number of nitrogens with zero attached hydrogens (tertiary/aromatic N) is 3. The van der Waals surface area contributed by atoms with Crippen LogP contribution in [0.25, 0.3) is 11.0 Å². The molecule has 0 N–H and O–H groups in total. The predicted octanol–water partition coefficient (Wildman–Crippen LogP) is 3.95. The van der Waals surface area contributed by atoms with E-state index < -0.39 is 49.4 Å². The highest BCUT2D eigenvalue weighted by molar-refractivity contribution is 7.93. The fourth-order valence-corrected chi connectivity index (χ4v) is 9.03. The molecule has 50 heavy (non-hydrogen) atoms. The van der Waals surface area contributed by atoms with Crippen molar-refractivity contribution in [2.24, 2.45) is 0 Å². The molecule has 14 nitrogen and oxygen atoms in total. The number of imidazole rings is 1. The molecule has 0 amide bonds. The first-order chi connectivity index (χ1) is 23.8. The van der Waals surface area contributed by atoms with Crippen molar-refractivity contribution in [1.29, 1.82) is 0 Å². The zero-order valence-corrected chi connectivity index (χ0v) is 30.1. The molecular formula is C33H33N3O11S3. The molecule has 2 heterocycles. The second-order valence-corrected chi connectivity index (χ2v) is 15.9. The molecule has 0 fully saturated rings. The van der Waals surface area contributed by atoms with E-state index in [1.807, 2.05) is 6.92 Å². The van der Waals surface area contributed by atoms with Gasteiger partial charge in [-0.25, -0.2) is 26.6 Å². The number of sulfone groups is 1. The zero-order valence-electron chi connectivity index (χ0n) is 27.6. The molecule has 0 radical (unpaired) electrons. The molecule has 0 saturated heterocycles. The second kappa shape index (κ2) is 15.0. The average Bonchev–Trinajstić information content (AvgIpc) is 3.51. The van der Waals surface area contributed by atoms with Crippen LogP contribution in [0.5, 0.6) is 23.0 Å². The Labute approximate surface area is 292 Å². The van der Waals surface area contributed by atoms with Gasteiger partial charge in [-0.3, -0.25) is 0 Å². The SMILES string of the molecule is COc1ccc2c(c1)nc([S+]([O-])Cc1ncc(OC)c(OC)c1OC)n2S(=O)(=O)c1cccc(C(=O)OCCS(=O)(=O)c2ccc(C)cc2)c1. The number of benzene rings is 3. The molecule has 264 valence electrons. The molecule has 0 spiro atoms. The first-order valence-corrected chi connectivity index (χ1v) is 19.2. The van der Waals surface area contributed by atoms with Crippen LogP contribution < -0.4 is 18.9 Å². The third-order valence-electron chi connectivity index (χ3n) is 7.49. The van der Waals surface area contributed by atoms with Gasteiger partial charge in [0, 0.05) is 17.2 Å². The van der Waals surface area contributed by atoms with Crippen LogP contribution in [0, 0.1) is 6.92 Å². The highest BCUT2D eigenvalue weighted by Crippen LogP contribution is 2.40. The summed E-state index contributed by atoms with van der Waals surface area (Å²) < 4.78 is 95.5. The number of ether oxygens (including phenoxy) is 5. The molecule has 0 bridgehead atoms. The minimum atomic E-state index is -4.57. The van der Waals surface area contributed by atoms with Gasteiger partial charge in [0.1, 0.15) is 18.1 Å². The van der Waals surface area contributed by atoms with Crippen LogP contribution in [-0.2, 0) is 41.5 Å². The fourth-order valence-electron chi connectivity index (χ4n) is 4.94. The number of aryl methyl sites for hydroxylation is 1. The number of carbonyl (C=O) groups excluding carboxylic acids is 1. The number of carbonyl (C=O) groups is 1. The van der Waals surface area contributed by atoms with E-state index in [0.717, 1.165) is 15.6 Å². The Morgan fingerprint density at radius 3 is 2.24 bits per heavy atom. The third kappa shape index (κ3) is 7.35. The van der Waals surface area contributed by atoms with Gasteiger partial charge in [0.2, 0.25) is 5.75 Å². The van der Waals surface area contributed by atoms with Crippen molar-refractivity contribution in [3.05, 3.63) is 89.7 Å². The van der Waals surface area contributed by atoms with Gasteiger partial charge in [0.25, 0.3) is 10.0 Å². The summed E-state index contributed by atoms with van der Waals surface area (Å²) in [6.45, 7) is 1.37. The number of pyridine rings is 1. The van der Waals surface area contributed by atoms with Gasteiger partial charge in [0.15, 0.2) is 27.1 Å². The van der Waals surface area contributed by atoms with Crippen LogP contribution >= 0.6 is 0 Å². The van der Waals surface area contributed by atoms with Gasteiger partial charge in [-0.15, -0.1) is 0 Å². The Morgan fingerprint density at radius 1 is 0.860 bits per heavy atom. The van der Waals surface area contributed by atoms with Crippen LogP contribution in [0.15, 0.2) is 87.9 Å². The third-order valence-corrected chi connectivity index (χ3v) is 12.2. The summed E-state index contributed by atoms with van der Waals surface area (Å²) in [5.41, 5.74) is 1.20. The van der Waals surface area contributed by atoms with Crippen LogP contribution in [0.4, 0.5) is 0 Å². The highest BCUT2D eigenvalue weighted by atomic mass is 32.2. The molecular weight excluding hydrogens is 711 g/mol. The van der Waals surface area contributed by atoms with E-state index in [0.29, 0.717) is 5.75 Å². The second-order valence-electron chi connectivity index (χ2n) is 10.6. The molecule has 1 unspecified atom stereocenters. The van der Waals surface area contributed by atoms with Gasteiger partial charge >= 0.3 is 11.1 Å². The maximum Gasteiger partial charge on any atom is 0.338 e.